The molecule has 0 radical (unpaired) electrons. The van der Waals surface area contributed by atoms with Crippen LogP contribution in [0.3, 0.4) is 0 Å². The van der Waals surface area contributed by atoms with E-state index in [1.165, 1.54) is 0 Å². The topological polar surface area (TPSA) is 98.8 Å². The van der Waals surface area contributed by atoms with Crippen LogP contribution in [0.25, 0.3) is 10.8 Å². The van der Waals surface area contributed by atoms with E-state index in [1.807, 2.05) is 43.1 Å². The van der Waals surface area contributed by atoms with Crippen LogP contribution in [-0.2, 0) is 14.8 Å². The summed E-state index contributed by atoms with van der Waals surface area (Å²) in [4.78, 5) is 30.0. The summed E-state index contributed by atoms with van der Waals surface area (Å²) >= 11 is 0. The molecule has 2 N–H and O–H groups in total. The largest absolute Gasteiger partial charge is 0.341 e. The number of hydrogen-bond acceptors (Lipinski definition) is 5. The van der Waals surface area contributed by atoms with Crippen LogP contribution in [0, 0.1) is 6.92 Å². The van der Waals surface area contributed by atoms with E-state index in [0.717, 1.165) is 24.9 Å². The number of nitrogens with zero attached hydrogens (tertiary/aromatic N) is 2. The highest BCUT2D eigenvalue weighted by atomic mass is 32.2. The number of likely N-dealkylation sites (N-methyl/N-ethyl adjacent to an activating group) is 1. The molecule has 200 valence electrons. The molecule has 38 heavy (non-hydrogen) atoms. The van der Waals surface area contributed by atoms with E-state index in [4.69, 9.17) is 0 Å². The molecule has 0 unspecified atom stereocenters. The lowest BCUT2D eigenvalue weighted by Gasteiger charge is -2.35. The molecule has 0 bridgehead atoms. The Kier molecular flexibility index (Phi) is 7.52. The average molecular weight is 535 g/mol. The second kappa shape index (κ2) is 10.8. The number of hydrogen-bond donors (Lipinski definition) is 2. The number of anilines is 1. The number of benzene rings is 3. The third-order valence-corrected chi connectivity index (χ3v) is 9.32. The average Bonchev–Trinajstić information content (AvgIpc) is 3.34. The fraction of sp³-hybridized carbons (Fsp3) is 0.379. The lowest BCUT2D eigenvalue weighted by molar-refractivity contribution is -0.136. The maximum Gasteiger partial charge on any atom is 0.255 e. The minimum Gasteiger partial charge on any atom is -0.341 e. The Bertz CT molecular complexity index is 1460. The van der Waals surface area contributed by atoms with Gasteiger partial charge < -0.3 is 10.2 Å². The van der Waals surface area contributed by atoms with E-state index < -0.39 is 10.0 Å². The number of carbonyl (C=O) groups excluding carboxylic acids is 2. The molecule has 2 fully saturated rings. The standard InChI is InChI=1S/C29H34N4O4S/c1-20-8-3-4-9-22(20)28(34)30-25-12-5-11-24-23(25)10-6-14-27(24)38(36,37)31-21-15-18-33(19-16-21)29(35)26-13-7-17-32(26)2/h3-6,8-12,14,21,26,31H,7,13,15-19H2,1-2H3,(H,30,34)/t26-/m0/s1. The van der Waals surface area contributed by atoms with Crippen LogP contribution in [0.15, 0.2) is 65.6 Å². The quantitative estimate of drug-likeness (QED) is 0.502. The minimum absolute atomic E-state index is 0.0561. The van der Waals surface area contributed by atoms with Gasteiger partial charge in [-0.15, -0.1) is 0 Å². The van der Waals surface area contributed by atoms with Crippen molar-refractivity contribution in [2.75, 3.05) is 32.0 Å². The fourth-order valence-electron chi connectivity index (χ4n) is 5.58. The Labute approximate surface area is 224 Å². The Morgan fingerprint density at radius 3 is 2.29 bits per heavy atom. The van der Waals surface area contributed by atoms with Crippen LogP contribution < -0.4 is 10.0 Å². The maximum absolute atomic E-state index is 13.5. The van der Waals surface area contributed by atoms with Gasteiger partial charge in [0.2, 0.25) is 15.9 Å². The van der Waals surface area contributed by atoms with E-state index in [9.17, 15) is 18.0 Å². The van der Waals surface area contributed by atoms with Crippen molar-refractivity contribution in [3.63, 3.8) is 0 Å². The molecule has 3 aromatic rings. The Balaban J connectivity index is 1.31. The van der Waals surface area contributed by atoms with Gasteiger partial charge in [0.1, 0.15) is 0 Å². The number of rotatable bonds is 6. The number of nitrogens with one attached hydrogen (secondary N) is 2. The summed E-state index contributed by atoms with van der Waals surface area (Å²) in [6, 6.07) is 17.4. The van der Waals surface area contributed by atoms with E-state index >= 15 is 0 Å². The molecule has 9 heteroatoms. The Morgan fingerprint density at radius 2 is 1.58 bits per heavy atom. The van der Waals surface area contributed by atoms with Gasteiger partial charge in [-0.2, -0.15) is 0 Å². The van der Waals surface area contributed by atoms with E-state index in [-0.39, 0.29) is 28.8 Å². The van der Waals surface area contributed by atoms with Crippen LogP contribution in [-0.4, -0.2) is 68.8 Å². The van der Waals surface area contributed by atoms with Gasteiger partial charge in [0.25, 0.3) is 5.91 Å². The zero-order chi connectivity index (χ0) is 26.9. The van der Waals surface area contributed by atoms with E-state index in [2.05, 4.69) is 14.9 Å². The first-order valence-electron chi connectivity index (χ1n) is 13.1. The second-order valence-corrected chi connectivity index (χ2v) is 12.0. The number of fused-ring (bicyclic) bond motifs is 1. The highest BCUT2D eigenvalue weighted by molar-refractivity contribution is 7.89. The summed E-state index contributed by atoms with van der Waals surface area (Å²) in [5.41, 5.74) is 1.98. The third-order valence-electron chi connectivity index (χ3n) is 7.74. The van der Waals surface area contributed by atoms with Gasteiger partial charge in [-0.05, 0) is 70.0 Å². The molecule has 0 aromatic heterocycles. The first-order chi connectivity index (χ1) is 18.2. The molecule has 5 rings (SSSR count). The SMILES string of the molecule is Cc1ccccc1C(=O)Nc1cccc2c(S(=O)(=O)NC3CCN(C(=O)[C@@H]4CCCN4C)CC3)cccc12. The molecule has 0 spiro atoms. The summed E-state index contributed by atoms with van der Waals surface area (Å²) < 4.78 is 29.9. The van der Waals surface area contributed by atoms with Gasteiger partial charge in [-0.25, -0.2) is 13.1 Å². The van der Waals surface area contributed by atoms with Gasteiger partial charge >= 0.3 is 0 Å². The number of carbonyl (C=O) groups is 2. The molecule has 0 aliphatic carbocycles. The van der Waals surface area contributed by atoms with Gasteiger partial charge in [0.15, 0.2) is 0 Å². The van der Waals surface area contributed by atoms with Crippen molar-refractivity contribution in [3.8, 4) is 0 Å². The molecule has 0 saturated carbocycles. The van der Waals surface area contributed by atoms with Crippen molar-refractivity contribution in [1.29, 1.82) is 0 Å². The van der Waals surface area contributed by atoms with Crippen molar-refractivity contribution in [3.05, 3.63) is 71.8 Å². The zero-order valence-electron chi connectivity index (χ0n) is 21.8. The maximum atomic E-state index is 13.5. The van der Waals surface area contributed by atoms with Gasteiger partial charge in [-0.1, -0.05) is 42.5 Å². The van der Waals surface area contributed by atoms with Crippen LogP contribution >= 0.6 is 0 Å². The first-order valence-corrected chi connectivity index (χ1v) is 14.6. The summed E-state index contributed by atoms with van der Waals surface area (Å²) in [5, 5.41) is 4.14. The number of amides is 2. The predicted octanol–water partition coefficient (Wildman–Crippen LogP) is 3.76. The highest BCUT2D eigenvalue weighted by Crippen LogP contribution is 2.30. The smallest absolute Gasteiger partial charge is 0.255 e. The second-order valence-electron chi connectivity index (χ2n) is 10.3. The van der Waals surface area contributed by atoms with Crippen molar-refractivity contribution < 1.29 is 18.0 Å². The molecule has 2 amide bonds. The number of sulfonamides is 1. The summed E-state index contributed by atoms with van der Waals surface area (Å²) in [6.07, 6.45) is 3.07. The molecular formula is C29H34N4O4S. The minimum atomic E-state index is -3.83. The molecular weight excluding hydrogens is 500 g/mol. The summed E-state index contributed by atoms with van der Waals surface area (Å²) in [5.74, 6) is -0.0901. The van der Waals surface area contributed by atoms with E-state index in [0.29, 0.717) is 48.0 Å². The monoisotopic (exact) mass is 534 g/mol. The molecule has 8 nitrogen and oxygen atoms in total. The molecule has 1 atom stereocenters. The van der Waals surface area contributed by atoms with Crippen LogP contribution in [0.4, 0.5) is 5.69 Å². The summed E-state index contributed by atoms with van der Waals surface area (Å²) in [7, 11) is -1.84. The molecule has 2 heterocycles. The first kappa shape index (κ1) is 26.3. The zero-order valence-corrected chi connectivity index (χ0v) is 22.6. The van der Waals surface area contributed by atoms with Crippen molar-refractivity contribution in [2.45, 2.75) is 49.6 Å². The van der Waals surface area contributed by atoms with Crippen LogP contribution in [0.1, 0.15) is 41.6 Å². The van der Waals surface area contributed by atoms with Crippen molar-refractivity contribution in [2.24, 2.45) is 0 Å². The van der Waals surface area contributed by atoms with Crippen LogP contribution in [0.2, 0.25) is 0 Å². The lowest BCUT2D eigenvalue weighted by atomic mass is 10.0. The molecule has 2 aliphatic rings. The molecule has 2 aliphatic heterocycles. The number of aryl methyl sites for hydroxylation is 1. The number of piperidine rings is 1. The Hall–Kier alpha value is -3.27. The fourth-order valence-corrected chi connectivity index (χ4v) is 7.10. The van der Waals surface area contributed by atoms with Crippen molar-refractivity contribution in [1.82, 2.24) is 14.5 Å². The highest BCUT2D eigenvalue weighted by Gasteiger charge is 2.34. The lowest BCUT2D eigenvalue weighted by Crippen LogP contribution is -2.51. The van der Waals surface area contributed by atoms with E-state index in [1.54, 1.807) is 36.4 Å². The number of likely N-dealkylation sites (tertiary alicyclic amines) is 2. The van der Waals surface area contributed by atoms with Crippen LogP contribution in [0.5, 0.6) is 0 Å². The third kappa shape index (κ3) is 5.32. The van der Waals surface area contributed by atoms with Crippen molar-refractivity contribution >= 4 is 38.3 Å². The summed E-state index contributed by atoms with van der Waals surface area (Å²) in [6.45, 7) is 3.90. The van der Waals surface area contributed by atoms with Gasteiger partial charge in [-0.3, -0.25) is 14.5 Å². The molecule has 3 aromatic carbocycles. The van der Waals surface area contributed by atoms with Gasteiger partial charge in [0.05, 0.1) is 10.9 Å². The Morgan fingerprint density at radius 1 is 0.868 bits per heavy atom. The predicted molar refractivity (Wildman–Crippen MR) is 149 cm³/mol. The normalized spacial score (nSPS) is 19.1. The molecule has 2 saturated heterocycles. The van der Waals surface area contributed by atoms with Gasteiger partial charge in [0, 0.05) is 41.2 Å².